The third-order valence-electron chi connectivity index (χ3n) is 3.73. The van der Waals surface area contributed by atoms with E-state index in [1.165, 1.54) is 11.6 Å². The molecule has 0 spiro atoms. The van der Waals surface area contributed by atoms with Gasteiger partial charge in [0.15, 0.2) is 0 Å². The van der Waals surface area contributed by atoms with Crippen LogP contribution < -0.4 is 10.1 Å². The number of benzene rings is 1. The lowest BCUT2D eigenvalue weighted by Gasteiger charge is -2.05. The van der Waals surface area contributed by atoms with Gasteiger partial charge in [0, 0.05) is 18.6 Å². The minimum absolute atomic E-state index is 0.232. The van der Waals surface area contributed by atoms with E-state index in [-0.39, 0.29) is 5.91 Å². The fourth-order valence-electron chi connectivity index (χ4n) is 2.62. The number of fused-ring (bicyclic) bond motifs is 1. The van der Waals surface area contributed by atoms with Crippen LogP contribution in [0.2, 0.25) is 0 Å². The number of amides is 1. The number of nitriles is 1. The monoisotopic (exact) mass is 322 g/mol. The molecule has 0 bridgehead atoms. The zero-order valence-corrected chi connectivity index (χ0v) is 13.5. The van der Waals surface area contributed by atoms with Crippen LogP contribution in [0.25, 0.3) is 6.08 Å². The van der Waals surface area contributed by atoms with Crippen LogP contribution in [0.5, 0.6) is 5.75 Å². The van der Waals surface area contributed by atoms with Gasteiger partial charge in [0.1, 0.15) is 11.6 Å². The summed E-state index contributed by atoms with van der Waals surface area (Å²) in [5.41, 5.74) is 2.93. The Hall–Kier alpha value is -3.07. The zero-order valence-electron chi connectivity index (χ0n) is 13.5. The number of nitrogens with one attached hydrogen (secondary N) is 1. The average molecular weight is 322 g/mol. The van der Waals surface area contributed by atoms with Gasteiger partial charge in [0.25, 0.3) is 0 Å². The molecular formula is C18H18N4O2. The maximum absolute atomic E-state index is 12.1. The lowest BCUT2D eigenvalue weighted by molar-refractivity contribution is -0.111. The second kappa shape index (κ2) is 7.01. The van der Waals surface area contributed by atoms with Gasteiger partial charge < -0.3 is 10.1 Å². The van der Waals surface area contributed by atoms with Crippen molar-refractivity contribution in [1.29, 1.82) is 5.26 Å². The third kappa shape index (κ3) is 3.63. The summed E-state index contributed by atoms with van der Waals surface area (Å²) in [4.78, 5) is 12.1. The summed E-state index contributed by atoms with van der Waals surface area (Å²) in [5, 5.41) is 15.8. The van der Waals surface area contributed by atoms with Crippen molar-refractivity contribution in [3.05, 3.63) is 47.2 Å². The molecule has 0 radical (unpaired) electrons. The lowest BCUT2D eigenvalue weighted by atomic mass is 10.1. The average Bonchev–Trinajstić information content (AvgIpc) is 3.16. The molecule has 0 aliphatic carbocycles. The van der Waals surface area contributed by atoms with Crippen LogP contribution in [0.4, 0.5) is 5.82 Å². The standard InChI is InChI=1S/C18H18N4O2/c1-13-11-17(22(21-13)9-2-8-19)20-18(23)6-4-14-3-5-16-15(12-14)7-10-24-16/h3-6,11-12H,2,7,9-10H2,1H3,(H,20,23)/b6-4-. The van der Waals surface area contributed by atoms with Crippen LogP contribution in [-0.4, -0.2) is 22.3 Å². The largest absolute Gasteiger partial charge is 0.493 e. The van der Waals surface area contributed by atoms with E-state index in [0.29, 0.717) is 18.8 Å². The Morgan fingerprint density at radius 1 is 1.50 bits per heavy atom. The molecule has 2 aromatic rings. The Kier molecular flexibility index (Phi) is 4.62. The van der Waals surface area contributed by atoms with Gasteiger partial charge in [0.05, 0.1) is 31.3 Å². The normalized spacial score (nSPS) is 12.7. The number of nitrogens with zero attached hydrogens (tertiary/aromatic N) is 3. The number of ether oxygens (including phenoxy) is 1. The van der Waals surface area contributed by atoms with Crippen molar-refractivity contribution < 1.29 is 9.53 Å². The fourth-order valence-corrected chi connectivity index (χ4v) is 2.62. The van der Waals surface area contributed by atoms with Crippen LogP contribution in [0.1, 0.15) is 23.2 Å². The Balaban J connectivity index is 1.66. The highest BCUT2D eigenvalue weighted by Crippen LogP contribution is 2.26. The molecular weight excluding hydrogens is 304 g/mol. The summed E-state index contributed by atoms with van der Waals surface area (Å²) in [6, 6.07) is 9.75. The smallest absolute Gasteiger partial charge is 0.249 e. The summed E-state index contributed by atoms with van der Waals surface area (Å²) in [6.45, 7) is 3.02. The summed E-state index contributed by atoms with van der Waals surface area (Å²) < 4.78 is 7.11. The molecule has 0 unspecified atom stereocenters. The summed E-state index contributed by atoms with van der Waals surface area (Å²) in [5.74, 6) is 1.29. The molecule has 24 heavy (non-hydrogen) atoms. The number of aromatic nitrogens is 2. The van der Waals surface area contributed by atoms with Crippen molar-refractivity contribution in [1.82, 2.24) is 9.78 Å². The van der Waals surface area contributed by atoms with Gasteiger partial charge in [-0.1, -0.05) is 6.07 Å². The van der Waals surface area contributed by atoms with E-state index in [9.17, 15) is 4.79 Å². The van der Waals surface area contributed by atoms with Crippen molar-refractivity contribution in [2.45, 2.75) is 26.3 Å². The van der Waals surface area contributed by atoms with E-state index in [2.05, 4.69) is 16.5 Å². The molecule has 1 aliphatic heterocycles. The van der Waals surface area contributed by atoms with E-state index in [4.69, 9.17) is 10.00 Å². The van der Waals surface area contributed by atoms with Crippen molar-refractivity contribution >= 4 is 17.8 Å². The van der Waals surface area contributed by atoms with Gasteiger partial charge in [0.2, 0.25) is 5.91 Å². The molecule has 1 aromatic heterocycles. The van der Waals surface area contributed by atoms with E-state index in [0.717, 1.165) is 30.0 Å². The van der Waals surface area contributed by atoms with E-state index in [1.807, 2.05) is 25.1 Å². The molecule has 6 heteroatoms. The highest BCUT2D eigenvalue weighted by molar-refractivity contribution is 6.01. The van der Waals surface area contributed by atoms with Gasteiger partial charge >= 0.3 is 0 Å². The van der Waals surface area contributed by atoms with Gasteiger partial charge in [-0.25, -0.2) is 4.68 Å². The maximum Gasteiger partial charge on any atom is 0.249 e. The molecule has 0 fully saturated rings. The van der Waals surface area contributed by atoms with E-state index >= 15 is 0 Å². The molecule has 2 heterocycles. The molecule has 0 saturated heterocycles. The lowest BCUT2D eigenvalue weighted by Crippen LogP contribution is -2.13. The molecule has 1 aliphatic rings. The number of anilines is 1. The van der Waals surface area contributed by atoms with Crippen molar-refractivity contribution in [3.8, 4) is 11.8 Å². The number of aryl methyl sites for hydroxylation is 2. The Labute approximate surface area is 140 Å². The quantitative estimate of drug-likeness (QED) is 0.858. The number of hydrogen-bond donors (Lipinski definition) is 1. The summed E-state index contributed by atoms with van der Waals surface area (Å²) in [7, 11) is 0. The van der Waals surface area contributed by atoms with E-state index < -0.39 is 0 Å². The van der Waals surface area contributed by atoms with Crippen molar-refractivity contribution in [2.75, 3.05) is 11.9 Å². The minimum atomic E-state index is -0.232. The first-order valence-corrected chi connectivity index (χ1v) is 7.82. The van der Waals surface area contributed by atoms with Gasteiger partial charge in [-0.3, -0.25) is 4.79 Å². The highest BCUT2D eigenvalue weighted by Gasteiger charge is 2.11. The highest BCUT2D eigenvalue weighted by atomic mass is 16.5. The van der Waals surface area contributed by atoms with Crippen molar-refractivity contribution in [2.24, 2.45) is 0 Å². The fraction of sp³-hybridized carbons (Fsp3) is 0.278. The number of carbonyl (C=O) groups is 1. The summed E-state index contributed by atoms with van der Waals surface area (Å²) in [6.07, 6.45) is 4.52. The molecule has 0 atom stereocenters. The SMILES string of the molecule is Cc1cc(NC(=O)/C=C\c2ccc3c(c2)CCO3)n(CCC#N)n1. The predicted octanol–water partition coefficient (Wildman–Crippen LogP) is 2.69. The number of hydrogen-bond acceptors (Lipinski definition) is 4. The van der Waals surface area contributed by atoms with Crippen molar-refractivity contribution in [3.63, 3.8) is 0 Å². The number of carbonyl (C=O) groups excluding carboxylic acids is 1. The Morgan fingerprint density at radius 3 is 3.21 bits per heavy atom. The summed E-state index contributed by atoms with van der Waals surface area (Å²) >= 11 is 0. The van der Waals surface area contributed by atoms with E-state index in [1.54, 1.807) is 16.8 Å². The first-order chi connectivity index (χ1) is 11.7. The maximum atomic E-state index is 12.1. The Bertz CT molecular complexity index is 830. The van der Waals surface area contributed by atoms with Crippen LogP contribution in [0, 0.1) is 18.3 Å². The molecule has 3 rings (SSSR count). The van der Waals surface area contributed by atoms with Crippen LogP contribution >= 0.6 is 0 Å². The van der Waals surface area contributed by atoms with Crippen LogP contribution in [0.3, 0.4) is 0 Å². The van der Waals surface area contributed by atoms with Crippen LogP contribution in [-0.2, 0) is 17.8 Å². The molecule has 0 saturated carbocycles. The molecule has 1 aromatic carbocycles. The molecule has 1 N–H and O–H groups in total. The first-order valence-electron chi connectivity index (χ1n) is 7.82. The second-order valence-corrected chi connectivity index (χ2v) is 5.59. The zero-order chi connectivity index (χ0) is 16.9. The second-order valence-electron chi connectivity index (χ2n) is 5.59. The third-order valence-corrected chi connectivity index (χ3v) is 3.73. The molecule has 122 valence electrons. The first kappa shape index (κ1) is 15.8. The van der Waals surface area contributed by atoms with Gasteiger partial charge in [-0.05, 0) is 36.3 Å². The van der Waals surface area contributed by atoms with Gasteiger partial charge in [-0.15, -0.1) is 0 Å². The predicted molar refractivity (Wildman–Crippen MR) is 90.5 cm³/mol. The van der Waals surface area contributed by atoms with Crippen LogP contribution in [0.15, 0.2) is 30.3 Å². The minimum Gasteiger partial charge on any atom is -0.493 e. The van der Waals surface area contributed by atoms with Gasteiger partial charge in [-0.2, -0.15) is 10.4 Å². The molecule has 6 nitrogen and oxygen atoms in total. The number of rotatable bonds is 5. The Morgan fingerprint density at radius 2 is 2.38 bits per heavy atom. The molecule has 1 amide bonds. The topological polar surface area (TPSA) is 79.9 Å².